The highest BCUT2D eigenvalue weighted by molar-refractivity contribution is 6.32. The Bertz CT molecular complexity index is 603. The lowest BCUT2D eigenvalue weighted by atomic mass is 10.2. The van der Waals surface area contributed by atoms with Crippen molar-refractivity contribution in [3.8, 4) is 0 Å². The van der Waals surface area contributed by atoms with Crippen molar-refractivity contribution in [2.24, 2.45) is 0 Å². The average molecular weight is 335 g/mol. The molecule has 5 nitrogen and oxygen atoms in total. The van der Waals surface area contributed by atoms with Gasteiger partial charge in [-0.15, -0.1) is 0 Å². The number of alkyl halides is 3. The van der Waals surface area contributed by atoms with Crippen LogP contribution in [0.25, 0.3) is 0 Å². The molecule has 1 amide bonds. The largest absolute Gasteiger partial charge is 0.417 e. The zero-order valence-electron chi connectivity index (χ0n) is 11.7. The van der Waals surface area contributed by atoms with Crippen molar-refractivity contribution in [2.75, 3.05) is 18.5 Å². The molecule has 0 radical (unpaired) electrons. The summed E-state index contributed by atoms with van der Waals surface area (Å²) in [6, 6.07) is 0.811. The van der Waals surface area contributed by atoms with Gasteiger partial charge in [-0.2, -0.15) is 13.2 Å². The lowest BCUT2D eigenvalue weighted by molar-refractivity contribution is -0.137. The fourth-order valence-corrected chi connectivity index (χ4v) is 2.11. The number of hydrogen-bond donors (Lipinski definition) is 2. The predicted molar refractivity (Wildman–Crippen MR) is 76.0 cm³/mol. The highest BCUT2D eigenvalue weighted by Gasteiger charge is 2.31. The van der Waals surface area contributed by atoms with Gasteiger partial charge in [0.25, 0.3) is 0 Å². The summed E-state index contributed by atoms with van der Waals surface area (Å²) in [5, 5.41) is -0.135. The van der Waals surface area contributed by atoms with Crippen molar-refractivity contribution in [1.82, 2.24) is 15.3 Å². The van der Waals surface area contributed by atoms with Gasteiger partial charge in [0.15, 0.2) is 5.82 Å². The Balaban J connectivity index is 1.97. The van der Waals surface area contributed by atoms with E-state index in [4.69, 9.17) is 11.6 Å². The molecular formula is C13H14ClF3N4O. The summed E-state index contributed by atoms with van der Waals surface area (Å²) in [6.45, 7) is 2.55. The molecule has 0 fully saturated rings. The standard InChI is InChI=1S/C13H14ClF3N4O/c1-8(22)21-4-2-10(3-5-21)19-20-12-11(14)6-9(7-18-12)13(15,16)17/h2,6-7,19H,3-5H2,1H3,(H,18,20). The molecule has 0 saturated carbocycles. The smallest absolute Gasteiger partial charge is 0.339 e. The Labute approximate surface area is 130 Å². The predicted octanol–water partition coefficient (Wildman–Crippen LogP) is 2.81. The molecule has 2 heterocycles. The van der Waals surface area contributed by atoms with Crippen LogP contribution >= 0.6 is 11.6 Å². The van der Waals surface area contributed by atoms with Crippen LogP contribution < -0.4 is 10.9 Å². The van der Waals surface area contributed by atoms with E-state index in [0.29, 0.717) is 25.7 Å². The highest BCUT2D eigenvalue weighted by atomic mass is 35.5. The number of amides is 1. The summed E-state index contributed by atoms with van der Waals surface area (Å²) in [4.78, 5) is 16.5. The molecule has 0 aromatic carbocycles. The van der Waals surface area contributed by atoms with Crippen LogP contribution in [0.2, 0.25) is 5.02 Å². The maximum absolute atomic E-state index is 12.5. The summed E-state index contributed by atoms with van der Waals surface area (Å²) in [5.41, 5.74) is 5.42. The number of aromatic nitrogens is 1. The van der Waals surface area contributed by atoms with Crippen molar-refractivity contribution in [3.63, 3.8) is 0 Å². The molecule has 1 aromatic rings. The first-order valence-corrected chi connectivity index (χ1v) is 6.84. The molecule has 2 rings (SSSR count). The molecule has 1 aliphatic rings. The molecule has 120 valence electrons. The van der Waals surface area contributed by atoms with E-state index in [2.05, 4.69) is 15.8 Å². The summed E-state index contributed by atoms with van der Waals surface area (Å²) < 4.78 is 37.5. The van der Waals surface area contributed by atoms with Gasteiger partial charge in [0.05, 0.1) is 10.6 Å². The SMILES string of the molecule is CC(=O)N1CC=C(NNc2ncc(C(F)(F)F)cc2Cl)CC1. The van der Waals surface area contributed by atoms with E-state index in [-0.39, 0.29) is 16.7 Å². The van der Waals surface area contributed by atoms with Crippen LogP contribution in [0.5, 0.6) is 0 Å². The summed E-state index contributed by atoms with van der Waals surface area (Å²) >= 11 is 5.78. The fourth-order valence-electron chi connectivity index (χ4n) is 1.89. The number of hydrogen-bond acceptors (Lipinski definition) is 4. The number of nitrogens with zero attached hydrogens (tertiary/aromatic N) is 2. The summed E-state index contributed by atoms with van der Waals surface area (Å²) in [7, 11) is 0. The molecule has 1 aliphatic heterocycles. The number of carbonyl (C=O) groups excluding carboxylic acids is 1. The zero-order chi connectivity index (χ0) is 16.3. The topological polar surface area (TPSA) is 57.3 Å². The second-order valence-electron chi connectivity index (χ2n) is 4.75. The van der Waals surface area contributed by atoms with E-state index in [9.17, 15) is 18.0 Å². The van der Waals surface area contributed by atoms with E-state index in [0.717, 1.165) is 11.8 Å². The third-order valence-electron chi connectivity index (χ3n) is 3.16. The van der Waals surface area contributed by atoms with E-state index >= 15 is 0 Å². The van der Waals surface area contributed by atoms with Crippen molar-refractivity contribution in [1.29, 1.82) is 0 Å². The Morgan fingerprint density at radius 1 is 1.41 bits per heavy atom. The van der Waals surface area contributed by atoms with Gasteiger partial charge >= 0.3 is 6.18 Å². The quantitative estimate of drug-likeness (QED) is 0.835. The van der Waals surface area contributed by atoms with Crippen LogP contribution in [-0.4, -0.2) is 28.9 Å². The maximum Gasteiger partial charge on any atom is 0.417 e. The minimum absolute atomic E-state index is 0.00397. The molecule has 0 saturated heterocycles. The summed E-state index contributed by atoms with van der Waals surface area (Å²) in [6.07, 6.45) is -1.35. The first-order chi connectivity index (χ1) is 10.3. The Morgan fingerprint density at radius 3 is 2.64 bits per heavy atom. The number of pyridine rings is 1. The Morgan fingerprint density at radius 2 is 2.14 bits per heavy atom. The van der Waals surface area contributed by atoms with Gasteiger partial charge in [-0.3, -0.25) is 10.2 Å². The molecule has 0 bridgehead atoms. The first-order valence-electron chi connectivity index (χ1n) is 6.46. The van der Waals surface area contributed by atoms with Crippen molar-refractivity contribution < 1.29 is 18.0 Å². The molecule has 0 aliphatic carbocycles. The Hall–Kier alpha value is -1.96. The van der Waals surface area contributed by atoms with Gasteiger partial charge in [-0.25, -0.2) is 4.98 Å². The normalized spacial score (nSPS) is 15.3. The lowest BCUT2D eigenvalue weighted by Crippen LogP contribution is -2.36. The van der Waals surface area contributed by atoms with Crippen molar-refractivity contribution in [3.05, 3.63) is 34.6 Å². The van der Waals surface area contributed by atoms with Crippen LogP contribution in [0.15, 0.2) is 24.0 Å². The molecule has 0 spiro atoms. The van der Waals surface area contributed by atoms with Gasteiger partial charge in [0, 0.05) is 38.3 Å². The van der Waals surface area contributed by atoms with Crippen LogP contribution in [0.1, 0.15) is 18.9 Å². The average Bonchev–Trinajstić information content (AvgIpc) is 2.45. The first kappa shape index (κ1) is 16.4. The van der Waals surface area contributed by atoms with Crippen molar-refractivity contribution in [2.45, 2.75) is 19.5 Å². The second-order valence-corrected chi connectivity index (χ2v) is 5.15. The molecule has 22 heavy (non-hydrogen) atoms. The van der Waals surface area contributed by atoms with Crippen LogP contribution in [-0.2, 0) is 11.0 Å². The zero-order valence-corrected chi connectivity index (χ0v) is 12.4. The number of anilines is 1. The number of halogens is 4. The van der Waals surface area contributed by atoms with Crippen molar-refractivity contribution >= 4 is 23.3 Å². The van der Waals surface area contributed by atoms with Gasteiger partial charge in [0.2, 0.25) is 5.91 Å². The monoisotopic (exact) mass is 334 g/mol. The minimum Gasteiger partial charge on any atom is -0.339 e. The molecule has 2 N–H and O–H groups in total. The van der Waals surface area contributed by atoms with Crippen LogP contribution in [0, 0.1) is 0 Å². The number of carbonyl (C=O) groups is 1. The maximum atomic E-state index is 12.5. The molecular weight excluding hydrogens is 321 g/mol. The van der Waals surface area contributed by atoms with Crippen LogP contribution in [0.3, 0.4) is 0 Å². The third-order valence-corrected chi connectivity index (χ3v) is 3.45. The van der Waals surface area contributed by atoms with E-state index in [1.165, 1.54) is 6.92 Å². The Kier molecular flexibility index (Phi) is 4.80. The number of nitrogens with one attached hydrogen (secondary N) is 2. The van der Waals surface area contributed by atoms with Gasteiger partial charge in [-0.1, -0.05) is 11.6 Å². The summed E-state index contributed by atoms with van der Waals surface area (Å²) in [5.74, 6) is 0.0975. The van der Waals surface area contributed by atoms with Gasteiger partial charge in [-0.05, 0) is 12.1 Å². The molecule has 1 aromatic heterocycles. The van der Waals surface area contributed by atoms with Gasteiger partial charge in [0.1, 0.15) is 0 Å². The second kappa shape index (κ2) is 6.43. The molecule has 0 atom stereocenters. The minimum atomic E-state index is -4.48. The lowest BCUT2D eigenvalue weighted by Gasteiger charge is -2.26. The number of rotatable bonds is 3. The molecule has 9 heteroatoms. The van der Waals surface area contributed by atoms with Gasteiger partial charge < -0.3 is 10.3 Å². The van der Waals surface area contributed by atoms with E-state index < -0.39 is 11.7 Å². The number of hydrazine groups is 1. The van der Waals surface area contributed by atoms with Crippen LogP contribution in [0.4, 0.5) is 19.0 Å². The highest BCUT2D eigenvalue weighted by Crippen LogP contribution is 2.32. The van der Waals surface area contributed by atoms with E-state index in [1.54, 1.807) is 4.90 Å². The fraction of sp³-hybridized carbons (Fsp3) is 0.385. The third kappa shape index (κ3) is 4.03. The van der Waals surface area contributed by atoms with E-state index in [1.807, 2.05) is 6.08 Å². The molecule has 0 unspecified atom stereocenters.